The third-order valence-corrected chi connectivity index (χ3v) is 7.34. The molecule has 2 aromatic rings. The summed E-state index contributed by atoms with van der Waals surface area (Å²) < 4.78 is 13.1. The van der Waals surface area contributed by atoms with Gasteiger partial charge in [0.1, 0.15) is 29.8 Å². The van der Waals surface area contributed by atoms with Gasteiger partial charge in [0.05, 0.1) is 17.8 Å². The summed E-state index contributed by atoms with van der Waals surface area (Å²) in [6, 6.07) is 3.60. The molecule has 1 unspecified atom stereocenters. The molecule has 3 saturated carbocycles. The SMILES string of the molecule is CN(CC1CCC1)C(=O)OCc1c(-c2ccc(O[C@@H]3CC[C@H]4C(C(=O)O)[C@@H]34)cn2)nnn1C. The summed E-state index contributed by atoms with van der Waals surface area (Å²) in [5.41, 5.74) is 1.80. The molecule has 5 rings (SSSR count). The number of rotatable bonds is 8. The second-order valence-corrected chi connectivity index (χ2v) is 9.46. The molecule has 33 heavy (non-hydrogen) atoms. The number of carboxylic acids is 1. The molecule has 2 aromatic heterocycles. The van der Waals surface area contributed by atoms with Gasteiger partial charge in [-0.2, -0.15) is 0 Å². The molecule has 10 heteroatoms. The molecule has 0 radical (unpaired) electrons. The fourth-order valence-electron chi connectivity index (χ4n) is 5.19. The van der Waals surface area contributed by atoms with Crippen molar-refractivity contribution in [3.63, 3.8) is 0 Å². The fraction of sp³-hybridized carbons (Fsp3) is 0.609. The molecule has 0 bridgehead atoms. The minimum absolute atomic E-state index is 0.0499. The highest BCUT2D eigenvalue weighted by atomic mass is 16.6. The summed E-state index contributed by atoms with van der Waals surface area (Å²) in [5, 5.41) is 17.5. The van der Waals surface area contributed by atoms with Gasteiger partial charge in [0.2, 0.25) is 0 Å². The van der Waals surface area contributed by atoms with Crippen LogP contribution in [0.5, 0.6) is 5.75 Å². The van der Waals surface area contributed by atoms with Crippen LogP contribution in [0.2, 0.25) is 0 Å². The number of carbonyl (C=O) groups excluding carboxylic acids is 1. The molecule has 4 atom stereocenters. The van der Waals surface area contributed by atoms with Crippen molar-refractivity contribution < 1.29 is 24.2 Å². The standard InChI is InChI=1S/C23H29N5O5/c1-27(11-13-4-3-5-13)23(31)32-12-17-21(25-26-28(17)2)16-8-6-14(10-24-16)33-18-9-7-15-19(18)20(15)22(29)30/h6,8,10,13,15,18-20H,3-5,7,9,11-12H2,1-2H3,(H,29,30)/t15-,18-,19-,20?/m1/s1. The molecule has 10 nitrogen and oxygen atoms in total. The summed E-state index contributed by atoms with van der Waals surface area (Å²) in [5.74, 6) is 0.537. The summed E-state index contributed by atoms with van der Waals surface area (Å²) in [4.78, 5) is 29.7. The number of amides is 1. The largest absolute Gasteiger partial charge is 0.488 e. The lowest BCUT2D eigenvalue weighted by Crippen LogP contribution is -2.34. The monoisotopic (exact) mass is 455 g/mol. The van der Waals surface area contributed by atoms with Gasteiger partial charge in [-0.3, -0.25) is 9.78 Å². The van der Waals surface area contributed by atoms with Crippen LogP contribution in [0.3, 0.4) is 0 Å². The lowest BCUT2D eigenvalue weighted by molar-refractivity contribution is -0.139. The Labute approximate surface area is 191 Å². The van der Waals surface area contributed by atoms with Crippen molar-refractivity contribution in [1.82, 2.24) is 24.9 Å². The Morgan fingerprint density at radius 1 is 1.24 bits per heavy atom. The van der Waals surface area contributed by atoms with Gasteiger partial charge in [0.25, 0.3) is 0 Å². The number of ether oxygens (including phenoxy) is 2. The van der Waals surface area contributed by atoms with Crippen LogP contribution in [0.25, 0.3) is 11.4 Å². The molecule has 3 aliphatic carbocycles. The maximum absolute atomic E-state index is 12.4. The van der Waals surface area contributed by atoms with Crippen molar-refractivity contribution in [1.29, 1.82) is 0 Å². The fourth-order valence-corrected chi connectivity index (χ4v) is 5.19. The van der Waals surface area contributed by atoms with E-state index in [0.29, 0.717) is 35.3 Å². The summed E-state index contributed by atoms with van der Waals surface area (Å²) in [6.07, 6.45) is 6.52. The summed E-state index contributed by atoms with van der Waals surface area (Å²) in [7, 11) is 3.51. The van der Waals surface area contributed by atoms with Crippen molar-refractivity contribution >= 4 is 12.1 Å². The predicted octanol–water partition coefficient (Wildman–Crippen LogP) is 2.73. The van der Waals surface area contributed by atoms with E-state index >= 15 is 0 Å². The Morgan fingerprint density at radius 3 is 2.70 bits per heavy atom. The highest BCUT2D eigenvalue weighted by molar-refractivity contribution is 5.75. The van der Waals surface area contributed by atoms with Gasteiger partial charge in [-0.25, -0.2) is 9.48 Å². The van der Waals surface area contributed by atoms with E-state index in [2.05, 4.69) is 15.3 Å². The average Bonchev–Trinajstić information content (AvgIpc) is 3.19. The van der Waals surface area contributed by atoms with Crippen LogP contribution >= 0.6 is 0 Å². The van der Waals surface area contributed by atoms with Gasteiger partial charge < -0.3 is 19.5 Å². The average molecular weight is 456 g/mol. The van der Waals surface area contributed by atoms with E-state index in [-0.39, 0.29) is 36.6 Å². The normalized spacial score (nSPS) is 25.8. The Kier molecular flexibility index (Phi) is 5.67. The van der Waals surface area contributed by atoms with E-state index in [9.17, 15) is 14.7 Å². The first-order valence-corrected chi connectivity index (χ1v) is 11.5. The number of hydrogen-bond donors (Lipinski definition) is 1. The van der Waals surface area contributed by atoms with Crippen LogP contribution in [0.1, 0.15) is 37.8 Å². The van der Waals surface area contributed by atoms with Crippen LogP contribution in [0.15, 0.2) is 18.3 Å². The second kappa shape index (κ2) is 8.64. The zero-order valence-corrected chi connectivity index (χ0v) is 18.9. The molecule has 0 spiro atoms. The summed E-state index contributed by atoms with van der Waals surface area (Å²) >= 11 is 0. The molecule has 0 saturated heterocycles. The smallest absolute Gasteiger partial charge is 0.409 e. The number of hydrogen-bond acceptors (Lipinski definition) is 7. The van der Waals surface area contributed by atoms with E-state index < -0.39 is 5.97 Å². The Balaban J connectivity index is 1.20. The highest BCUT2D eigenvalue weighted by Gasteiger charge is 2.62. The van der Waals surface area contributed by atoms with Crippen molar-refractivity contribution in [2.24, 2.45) is 30.7 Å². The van der Waals surface area contributed by atoms with E-state index in [1.807, 2.05) is 6.07 Å². The minimum Gasteiger partial charge on any atom is -0.488 e. The van der Waals surface area contributed by atoms with Crippen LogP contribution in [-0.2, 0) is 23.2 Å². The number of carboxylic acid groups (broad SMARTS) is 1. The van der Waals surface area contributed by atoms with Gasteiger partial charge in [-0.15, -0.1) is 5.10 Å². The first kappa shape index (κ1) is 21.7. The van der Waals surface area contributed by atoms with Gasteiger partial charge in [0.15, 0.2) is 0 Å². The van der Waals surface area contributed by atoms with Crippen molar-refractivity contribution in [2.75, 3.05) is 13.6 Å². The number of carbonyl (C=O) groups is 2. The molecule has 0 aromatic carbocycles. The number of aliphatic carboxylic acids is 1. The second-order valence-electron chi connectivity index (χ2n) is 9.46. The maximum Gasteiger partial charge on any atom is 0.409 e. The van der Waals surface area contributed by atoms with Crippen molar-refractivity contribution in [2.45, 2.75) is 44.8 Å². The van der Waals surface area contributed by atoms with Gasteiger partial charge in [0, 0.05) is 26.6 Å². The van der Waals surface area contributed by atoms with Crippen LogP contribution in [0.4, 0.5) is 4.79 Å². The number of fused-ring (bicyclic) bond motifs is 1. The zero-order valence-electron chi connectivity index (χ0n) is 18.9. The van der Waals surface area contributed by atoms with Crippen LogP contribution < -0.4 is 4.74 Å². The molecule has 176 valence electrons. The first-order chi connectivity index (χ1) is 15.9. The number of nitrogens with zero attached hydrogens (tertiary/aromatic N) is 5. The molecular formula is C23H29N5O5. The van der Waals surface area contributed by atoms with E-state index in [4.69, 9.17) is 9.47 Å². The Bertz CT molecular complexity index is 1030. The minimum atomic E-state index is -0.725. The quantitative estimate of drug-likeness (QED) is 0.645. The molecule has 3 fully saturated rings. The maximum atomic E-state index is 12.4. The Morgan fingerprint density at radius 2 is 2.06 bits per heavy atom. The lowest BCUT2D eigenvalue weighted by Gasteiger charge is -2.29. The molecule has 2 heterocycles. The number of aryl methyl sites for hydroxylation is 1. The lowest BCUT2D eigenvalue weighted by atomic mass is 9.85. The van der Waals surface area contributed by atoms with Crippen molar-refractivity contribution in [3.05, 3.63) is 24.0 Å². The Hall–Kier alpha value is -3.17. The van der Waals surface area contributed by atoms with Gasteiger partial charge >= 0.3 is 12.1 Å². The summed E-state index contributed by atoms with van der Waals surface area (Å²) in [6.45, 7) is 0.766. The van der Waals surface area contributed by atoms with Crippen LogP contribution in [0, 0.1) is 23.7 Å². The third kappa shape index (κ3) is 4.26. The highest BCUT2D eigenvalue weighted by Crippen LogP contribution is 2.58. The zero-order chi connectivity index (χ0) is 23.1. The van der Waals surface area contributed by atoms with Gasteiger partial charge in [-0.05, 0) is 49.7 Å². The van der Waals surface area contributed by atoms with Crippen molar-refractivity contribution in [3.8, 4) is 17.1 Å². The number of aromatic nitrogens is 4. The predicted molar refractivity (Wildman–Crippen MR) is 116 cm³/mol. The van der Waals surface area contributed by atoms with E-state index in [1.54, 1.807) is 35.9 Å². The van der Waals surface area contributed by atoms with Gasteiger partial charge in [-0.1, -0.05) is 11.6 Å². The third-order valence-electron chi connectivity index (χ3n) is 7.34. The molecule has 1 N–H and O–H groups in total. The molecule has 3 aliphatic rings. The number of pyridine rings is 1. The molecule has 1 amide bonds. The first-order valence-electron chi connectivity index (χ1n) is 11.5. The van der Waals surface area contributed by atoms with E-state index in [0.717, 1.165) is 12.8 Å². The van der Waals surface area contributed by atoms with Crippen LogP contribution in [-0.4, -0.2) is 61.7 Å². The molecular weight excluding hydrogens is 426 g/mol. The van der Waals surface area contributed by atoms with E-state index in [1.165, 1.54) is 19.3 Å². The topological polar surface area (TPSA) is 120 Å². The molecule has 0 aliphatic heterocycles.